The van der Waals surface area contributed by atoms with E-state index >= 15 is 0 Å². The molecule has 0 spiro atoms. The van der Waals surface area contributed by atoms with Gasteiger partial charge in [-0.15, -0.1) is 0 Å². The molecule has 1 aliphatic carbocycles. The lowest BCUT2D eigenvalue weighted by molar-refractivity contribution is 0.166. The van der Waals surface area contributed by atoms with E-state index in [1.54, 1.807) is 0 Å². The maximum absolute atomic E-state index is 12.9. The van der Waals surface area contributed by atoms with Gasteiger partial charge in [0.25, 0.3) is 0 Å². The Labute approximate surface area is 150 Å². The fourth-order valence-electron chi connectivity index (χ4n) is 3.88. The molecule has 1 aliphatic heterocycles. The van der Waals surface area contributed by atoms with Crippen LogP contribution in [0.2, 0.25) is 0 Å². The molecule has 1 saturated carbocycles. The van der Waals surface area contributed by atoms with E-state index in [-0.39, 0.29) is 18.7 Å². The van der Waals surface area contributed by atoms with Gasteiger partial charge in [0.2, 0.25) is 0 Å². The van der Waals surface area contributed by atoms with Crippen LogP contribution in [0, 0.1) is 0 Å². The van der Waals surface area contributed by atoms with Crippen molar-refractivity contribution in [2.24, 2.45) is 0 Å². The summed E-state index contributed by atoms with van der Waals surface area (Å²) in [5.41, 5.74) is 2.43. The Morgan fingerprint density at radius 1 is 1.40 bits per heavy atom. The van der Waals surface area contributed by atoms with E-state index in [0.29, 0.717) is 12.6 Å². The zero-order valence-electron chi connectivity index (χ0n) is 15.2. The molecule has 1 aromatic carbocycles. The average molecular weight is 346 g/mol. The van der Waals surface area contributed by atoms with Crippen LogP contribution in [0.4, 0.5) is 4.79 Å². The molecule has 3 rings (SSSR count). The first-order valence-electron chi connectivity index (χ1n) is 9.60. The summed E-state index contributed by atoms with van der Waals surface area (Å²) in [5, 5.41) is 12.1. The predicted molar refractivity (Wildman–Crippen MR) is 97.8 cm³/mol. The first kappa shape index (κ1) is 18.1. The number of hydrogen-bond acceptors (Lipinski definition) is 3. The number of benzene rings is 1. The van der Waals surface area contributed by atoms with Crippen LogP contribution in [0.25, 0.3) is 0 Å². The number of carbonyl (C=O) groups excluding carboxylic acids is 1. The van der Waals surface area contributed by atoms with Gasteiger partial charge in [-0.3, -0.25) is 0 Å². The number of nitrogens with one attached hydrogen (secondary N) is 1. The number of urea groups is 1. The summed E-state index contributed by atoms with van der Waals surface area (Å²) in [6.07, 6.45) is 7.06. The van der Waals surface area contributed by atoms with Gasteiger partial charge in [-0.05, 0) is 49.8 Å². The molecule has 25 heavy (non-hydrogen) atoms. The highest BCUT2D eigenvalue weighted by Gasteiger charge is 2.27. The molecule has 1 fully saturated rings. The Bertz CT molecular complexity index is 584. The molecule has 1 unspecified atom stereocenters. The summed E-state index contributed by atoms with van der Waals surface area (Å²) >= 11 is 0. The molecule has 2 amide bonds. The van der Waals surface area contributed by atoms with Crippen molar-refractivity contribution in [2.45, 2.75) is 70.5 Å². The molecule has 1 aromatic rings. The summed E-state index contributed by atoms with van der Waals surface area (Å²) in [7, 11) is 0. The third-order valence-electron chi connectivity index (χ3n) is 5.30. The second-order valence-corrected chi connectivity index (χ2v) is 7.32. The summed E-state index contributed by atoms with van der Waals surface area (Å²) < 4.78 is 5.58. The minimum atomic E-state index is 0.0223. The van der Waals surface area contributed by atoms with Gasteiger partial charge in [0.15, 0.2) is 0 Å². The van der Waals surface area contributed by atoms with Crippen molar-refractivity contribution < 1.29 is 14.6 Å². The average Bonchev–Trinajstić information content (AvgIpc) is 3.28. The van der Waals surface area contributed by atoms with Gasteiger partial charge in [0.1, 0.15) is 5.75 Å². The molecule has 1 atom stereocenters. The zero-order chi connectivity index (χ0) is 17.6. The molecule has 1 heterocycles. The van der Waals surface area contributed by atoms with Crippen molar-refractivity contribution in [2.75, 3.05) is 13.2 Å². The number of carbonyl (C=O) groups is 1. The summed E-state index contributed by atoms with van der Waals surface area (Å²) in [6.45, 7) is 3.58. The monoisotopic (exact) mass is 346 g/mol. The van der Waals surface area contributed by atoms with E-state index in [1.807, 2.05) is 17.9 Å². The standard InChI is InChI=1S/C20H30N2O3/c1-15(5-4-11-23)21-20(24)22(18-6-2-3-7-18)14-16-8-9-19-17(13-16)10-12-25-19/h8-9,13,15,18,23H,2-7,10-12,14H2,1H3,(H,21,24). The molecule has 2 N–H and O–H groups in total. The van der Waals surface area contributed by atoms with Crippen LogP contribution in [0.3, 0.4) is 0 Å². The van der Waals surface area contributed by atoms with Crippen molar-refractivity contribution in [3.05, 3.63) is 29.3 Å². The Kier molecular flexibility index (Phi) is 6.19. The Morgan fingerprint density at radius 2 is 2.20 bits per heavy atom. The molecule has 0 aromatic heterocycles. The van der Waals surface area contributed by atoms with Gasteiger partial charge < -0.3 is 20.1 Å². The van der Waals surface area contributed by atoms with E-state index < -0.39 is 0 Å². The highest BCUT2D eigenvalue weighted by atomic mass is 16.5. The molecule has 0 bridgehead atoms. The molecule has 5 nitrogen and oxygen atoms in total. The van der Waals surface area contributed by atoms with Gasteiger partial charge in [-0.25, -0.2) is 4.79 Å². The van der Waals surface area contributed by atoms with Crippen LogP contribution in [0.1, 0.15) is 56.6 Å². The second-order valence-electron chi connectivity index (χ2n) is 7.32. The SMILES string of the molecule is CC(CCCO)NC(=O)N(Cc1ccc2c(c1)CCO2)C1CCCC1. The summed E-state index contributed by atoms with van der Waals surface area (Å²) in [4.78, 5) is 14.9. The smallest absolute Gasteiger partial charge is 0.318 e. The van der Waals surface area contributed by atoms with Crippen molar-refractivity contribution in [1.82, 2.24) is 10.2 Å². The van der Waals surface area contributed by atoms with Crippen molar-refractivity contribution in [3.8, 4) is 5.75 Å². The lowest BCUT2D eigenvalue weighted by Crippen LogP contribution is -2.47. The van der Waals surface area contributed by atoms with Gasteiger partial charge >= 0.3 is 6.03 Å². The van der Waals surface area contributed by atoms with Gasteiger partial charge in [0.05, 0.1) is 6.61 Å². The Balaban J connectivity index is 1.67. The topological polar surface area (TPSA) is 61.8 Å². The molecule has 5 heteroatoms. The highest BCUT2D eigenvalue weighted by Crippen LogP contribution is 2.29. The van der Waals surface area contributed by atoms with Crippen LogP contribution >= 0.6 is 0 Å². The van der Waals surface area contributed by atoms with Crippen LogP contribution in [-0.2, 0) is 13.0 Å². The third-order valence-corrected chi connectivity index (χ3v) is 5.30. The molecule has 138 valence electrons. The number of aliphatic hydroxyl groups is 1. The maximum Gasteiger partial charge on any atom is 0.318 e. The fourth-order valence-corrected chi connectivity index (χ4v) is 3.88. The lowest BCUT2D eigenvalue weighted by atomic mass is 10.1. The fraction of sp³-hybridized carbons (Fsp3) is 0.650. The maximum atomic E-state index is 12.9. The van der Waals surface area contributed by atoms with Crippen molar-refractivity contribution in [3.63, 3.8) is 0 Å². The molecule has 2 aliphatic rings. The normalized spacial score (nSPS) is 17.8. The molecule has 0 saturated heterocycles. The van der Waals surface area contributed by atoms with Crippen LogP contribution in [0.5, 0.6) is 5.75 Å². The number of amides is 2. The van der Waals surface area contributed by atoms with Gasteiger partial charge in [-0.2, -0.15) is 0 Å². The highest BCUT2D eigenvalue weighted by molar-refractivity contribution is 5.75. The number of rotatable bonds is 7. The third kappa shape index (κ3) is 4.66. The van der Waals surface area contributed by atoms with Crippen molar-refractivity contribution >= 4 is 6.03 Å². The number of hydrogen-bond donors (Lipinski definition) is 2. The molecular weight excluding hydrogens is 316 g/mol. The van der Waals surface area contributed by atoms with Crippen LogP contribution < -0.4 is 10.1 Å². The Morgan fingerprint density at radius 3 is 2.96 bits per heavy atom. The van der Waals surface area contributed by atoms with Gasteiger partial charge in [-0.1, -0.05) is 25.0 Å². The number of ether oxygens (including phenoxy) is 1. The second kappa shape index (κ2) is 8.56. The first-order chi connectivity index (χ1) is 12.2. The van der Waals surface area contributed by atoms with E-state index in [1.165, 1.54) is 24.0 Å². The summed E-state index contributed by atoms with van der Waals surface area (Å²) in [5.74, 6) is 0.984. The van der Waals surface area contributed by atoms with Crippen molar-refractivity contribution in [1.29, 1.82) is 0 Å². The number of nitrogens with zero attached hydrogens (tertiary/aromatic N) is 1. The molecular formula is C20H30N2O3. The number of fused-ring (bicyclic) bond motifs is 1. The molecule has 0 radical (unpaired) electrons. The van der Waals surface area contributed by atoms with E-state index in [0.717, 1.165) is 44.5 Å². The summed E-state index contributed by atoms with van der Waals surface area (Å²) in [6, 6.07) is 6.73. The van der Waals surface area contributed by atoms with Crippen LogP contribution in [0.15, 0.2) is 18.2 Å². The quantitative estimate of drug-likeness (QED) is 0.797. The lowest BCUT2D eigenvalue weighted by Gasteiger charge is -2.31. The van der Waals surface area contributed by atoms with E-state index in [4.69, 9.17) is 9.84 Å². The first-order valence-corrected chi connectivity index (χ1v) is 9.60. The predicted octanol–water partition coefficient (Wildman–Crippen LogP) is 3.24. The largest absolute Gasteiger partial charge is 0.493 e. The zero-order valence-corrected chi connectivity index (χ0v) is 15.2. The van der Waals surface area contributed by atoms with E-state index in [2.05, 4.69) is 17.4 Å². The minimum absolute atomic E-state index is 0.0223. The van der Waals surface area contributed by atoms with E-state index in [9.17, 15) is 4.79 Å². The Hall–Kier alpha value is -1.75. The van der Waals surface area contributed by atoms with Gasteiger partial charge in [0, 0.05) is 31.7 Å². The van der Waals surface area contributed by atoms with Crippen LogP contribution in [-0.4, -0.2) is 41.3 Å². The minimum Gasteiger partial charge on any atom is -0.493 e. The number of aliphatic hydroxyl groups excluding tert-OH is 1.